The molecule has 8 heteroatoms. The molecule has 0 aliphatic rings. The number of hydrogen-bond acceptors (Lipinski definition) is 2. The topological polar surface area (TPSA) is 30.7 Å². The summed E-state index contributed by atoms with van der Waals surface area (Å²) in [5.74, 6) is -0.548. The molecule has 0 N–H and O–H groups in total. The molecule has 0 radical (unpaired) electrons. The molecule has 0 bridgehead atoms. The molecule has 0 saturated carbocycles. The van der Waals surface area contributed by atoms with Gasteiger partial charge in [-0.1, -0.05) is 0 Å². The molecule has 0 amide bonds. The Hall–Kier alpha value is -2.15. The van der Waals surface area contributed by atoms with E-state index in [1.165, 1.54) is 24.4 Å². The van der Waals surface area contributed by atoms with Gasteiger partial charge < -0.3 is 4.57 Å². The fraction of sp³-hybridized carbons (Fsp3) is 0.143. The van der Waals surface area contributed by atoms with E-state index in [0.717, 1.165) is 0 Å². The van der Waals surface area contributed by atoms with Crippen LogP contribution in [-0.4, -0.2) is 14.5 Å². The van der Waals surface area contributed by atoms with Crippen molar-refractivity contribution in [3.05, 3.63) is 47.3 Å². The third-order valence-corrected chi connectivity index (χ3v) is 3.45. The summed E-state index contributed by atoms with van der Waals surface area (Å²) >= 11 is 5.64. The summed E-state index contributed by atoms with van der Waals surface area (Å²) in [6.45, 7) is 0. The van der Waals surface area contributed by atoms with Crippen molar-refractivity contribution in [3.63, 3.8) is 0 Å². The van der Waals surface area contributed by atoms with Crippen molar-refractivity contribution in [1.82, 2.24) is 14.5 Å². The Kier molecular flexibility index (Phi) is 3.32. The predicted octanol–water partition coefficient (Wildman–Crippen LogP) is 4.45. The highest BCUT2D eigenvalue weighted by molar-refractivity contribution is 6.28. The normalized spacial score (nSPS) is 12.1. The lowest BCUT2D eigenvalue weighted by Gasteiger charge is -2.11. The van der Waals surface area contributed by atoms with Crippen molar-refractivity contribution < 1.29 is 17.6 Å². The van der Waals surface area contributed by atoms with Gasteiger partial charge in [0.2, 0.25) is 5.28 Å². The van der Waals surface area contributed by atoms with Gasteiger partial charge >= 0.3 is 6.18 Å². The molecule has 3 nitrogen and oxygen atoms in total. The van der Waals surface area contributed by atoms with Gasteiger partial charge in [0, 0.05) is 35.9 Å². The highest BCUT2D eigenvalue weighted by atomic mass is 35.5. The zero-order chi connectivity index (χ0) is 16.1. The lowest BCUT2D eigenvalue weighted by molar-refractivity contribution is -0.137. The molecule has 2 heterocycles. The number of aromatic nitrogens is 3. The van der Waals surface area contributed by atoms with Gasteiger partial charge in [0.05, 0.1) is 5.69 Å². The van der Waals surface area contributed by atoms with Crippen LogP contribution in [0.25, 0.3) is 22.2 Å². The summed E-state index contributed by atoms with van der Waals surface area (Å²) in [6, 6.07) is 3.90. The number of halogens is 5. The van der Waals surface area contributed by atoms with E-state index >= 15 is 0 Å². The predicted molar refractivity (Wildman–Crippen MR) is 73.9 cm³/mol. The van der Waals surface area contributed by atoms with Gasteiger partial charge in [-0.3, -0.25) is 0 Å². The monoisotopic (exact) mass is 329 g/mol. The third kappa shape index (κ3) is 2.41. The molecule has 0 atom stereocenters. The highest BCUT2D eigenvalue weighted by Gasteiger charge is 2.36. The average Bonchev–Trinajstić information content (AvgIpc) is 2.74. The maximum atomic E-state index is 13.5. The van der Waals surface area contributed by atoms with Crippen LogP contribution in [0.1, 0.15) is 5.56 Å². The number of benzene rings is 1. The van der Waals surface area contributed by atoms with Gasteiger partial charge in [-0.25, -0.2) is 14.4 Å². The highest BCUT2D eigenvalue weighted by Crippen LogP contribution is 2.39. The number of rotatable bonds is 1. The van der Waals surface area contributed by atoms with Crippen LogP contribution in [0.15, 0.2) is 30.6 Å². The summed E-state index contributed by atoms with van der Waals surface area (Å²) in [5, 5.41) is 0.0131. The Bertz CT molecular complexity index is 870. The van der Waals surface area contributed by atoms with Gasteiger partial charge in [-0.05, 0) is 29.8 Å². The van der Waals surface area contributed by atoms with Crippen LogP contribution in [0, 0.1) is 5.82 Å². The summed E-state index contributed by atoms with van der Waals surface area (Å²) < 4.78 is 54.5. The van der Waals surface area contributed by atoms with Crippen molar-refractivity contribution in [1.29, 1.82) is 0 Å². The molecular formula is C14H8ClF4N3. The van der Waals surface area contributed by atoms with Gasteiger partial charge in [0.1, 0.15) is 11.4 Å². The second-order valence-electron chi connectivity index (χ2n) is 4.71. The Morgan fingerprint density at radius 1 is 1.23 bits per heavy atom. The number of fused-ring (bicyclic) bond motifs is 1. The standard InChI is InChI=1S/C14H8ClF4N3/c1-22-6-9(8-4-7(16)2-3-11(8)22)12-10(14(17,18)19)5-20-13(15)21-12/h2-6H,1H3. The van der Waals surface area contributed by atoms with E-state index < -0.39 is 17.6 Å². The number of aryl methyl sites for hydroxylation is 1. The van der Waals surface area contributed by atoms with Crippen molar-refractivity contribution in [2.45, 2.75) is 6.18 Å². The smallest absolute Gasteiger partial charge is 0.350 e. The van der Waals surface area contributed by atoms with E-state index in [2.05, 4.69) is 9.97 Å². The van der Waals surface area contributed by atoms with E-state index in [9.17, 15) is 17.6 Å². The molecule has 0 saturated heterocycles. The lowest BCUT2D eigenvalue weighted by Crippen LogP contribution is -2.09. The van der Waals surface area contributed by atoms with Crippen LogP contribution >= 0.6 is 11.6 Å². The first-order valence-electron chi connectivity index (χ1n) is 6.12. The van der Waals surface area contributed by atoms with Crippen LogP contribution in [-0.2, 0) is 13.2 Å². The number of alkyl halides is 3. The Balaban J connectivity index is 2.37. The fourth-order valence-electron chi connectivity index (χ4n) is 2.33. The van der Waals surface area contributed by atoms with E-state index in [0.29, 0.717) is 17.1 Å². The van der Waals surface area contributed by atoms with Gasteiger partial charge in [-0.2, -0.15) is 13.2 Å². The Morgan fingerprint density at radius 2 is 1.95 bits per heavy atom. The van der Waals surface area contributed by atoms with E-state index in [1.807, 2.05) is 0 Å². The van der Waals surface area contributed by atoms with Crippen LogP contribution in [0.4, 0.5) is 17.6 Å². The SMILES string of the molecule is Cn1cc(-c2nc(Cl)ncc2C(F)(F)F)c2cc(F)ccc21. The molecule has 22 heavy (non-hydrogen) atoms. The molecule has 0 aliphatic carbocycles. The zero-order valence-electron chi connectivity index (χ0n) is 11.1. The minimum atomic E-state index is -4.64. The minimum Gasteiger partial charge on any atom is -0.350 e. The molecule has 2 aromatic heterocycles. The van der Waals surface area contributed by atoms with E-state index in [1.54, 1.807) is 11.6 Å². The van der Waals surface area contributed by atoms with E-state index in [4.69, 9.17) is 11.6 Å². The molecule has 3 aromatic rings. The van der Waals surface area contributed by atoms with Crippen LogP contribution in [0.2, 0.25) is 5.28 Å². The number of nitrogens with zero attached hydrogens (tertiary/aromatic N) is 3. The molecule has 3 rings (SSSR count). The lowest BCUT2D eigenvalue weighted by atomic mass is 10.1. The van der Waals surface area contributed by atoms with Crippen molar-refractivity contribution >= 4 is 22.5 Å². The molecule has 1 aromatic carbocycles. The largest absolute Gasteiger partial charge is 0.419 e. The molecular weight excluding hydrogens is 322 g/mol. The number of hydrogen-bond donors (Lipinski definition) is 0. The third-order valence-electron chi connectivity index (χ3n) is 3.27. The zero-order valence-corrected chi connectivity index (χ0v) is 11.9. The van der Waals surface area contributed by atoms with Crippen LogP contribution in [0.5, 0.6) is 0 Å². The maximum Gasteiger partial charge on any atom is 0.419 e. The second-order valence-corrected chi connectivity index (χ2v) is 5.05. The van der Waals surface area contributed by atoms with E-state index in [-0.39, 0.29) is 16.5 Å². The fourth-order valence-corrected chi connectivity index (χ4v) is 2.46. The Morgan fingerprint density at radius 3 is 2.64 bits per heavy atom. The first kappa shape index (κ1) is 14.8. The van der Waals surface area contributed by atoms with Gasteiger partial charge in [-0.15, -0.1) is 0 Å². The summed E-state index contributed by atoms with van der Waals surface area (Å²) in [4.78, 5) is 7.09. The summed E-state index contributed by atoms with van der Waals surface area (Å²) in [7, 11) is 1.65. The summed E-state index contributed by atoms with van der Waals surface area (Å²) in [6.07, 6.45) is -2.56. The quantitative estimate of drug-likeness (QED) is 0.488. The summed E-state index contributed by atoms with van der Waals surface area (Å²) in [5.41, 5.74) is -0.662. The Labute approximate surface area is 127 Å². The first-order chi connectivity index (χ1) is 10.3. The molecule has 0 aliphatic heterocycles. The van der Waals surface area contributed by atoms with Crippen molar-refractivity contribution in [2.75, 3.05) is 0 Å². The molecule has 0 spiro atoms. The molecule has 0 fully saturated rings. The van der Waals surface area contributed by atoms with Gasteiger partial charge in [0.15, 0.2) is 0 Å². The first-order valence-corrected chi connectivity index (χ1v) is 6.50. The minimum absolute atomic E-state index is 0.147. The van der Waals surface area contributed by atoms with Crippen LogP contribution < -0.4 is 0 Å². The average molecular weight is 330 g/mol. The maximum absolute atomic E-state index is 13.5. The van der Waals surface area contributed by atoms with Crippen molar-refractivity contribution in [3.8, 4) is 11.3 Å². The molecule has 114 valence electrons. The van der Waals surface area contributed by atoms with Crippen LogP contribution in [0.3, 0.4) is 0 Å². The second kappa shape index (κ2) is 4.95. The van der Waals surface area contributed by atoms with Gasteiger partial charge in [0.25, 0.3) is 0 Å². The molecule has 0 unspecified atom stereocenters. The van der Waals surface area contributed by atoms with Crippen molar-refractivity contribution in [2.24, 2.45) is 7.05 Å².